The molecule has 0 radical (unpaired) electrons. The average Bonchev–Trinajstić information content (AvgIpc) is 3.10. The van der Waals surface area contributed by atoms with Crippen LogP contribution in [0.3, 0.4) is 0 Å². The summed E-state index contributed by atoms with van der Waals surface area (Å²) in [6, 6.07) is 4.94. The van der Waals surface area contributed by atoms with Gasteiger partial charge in [0.05, 0.1) is 32.3 Å². The van der Waals surface area contributed by atoms with Crippen molar-refractivity contribution in [2.75, 3.05) is 33.9 Å². The Morgan fingerprint density at radius 2 is 2.12 bits per heavy atom. The molecule has 7 heteroatoms. The first-order valence-electron chi connectivity index (χ1n) is 7.90. The summed E-state index contributed by atoms with van der Waals surface area (Å²) in [6.45, 7) is 1.18. The van der Waals surface area contributed by atoms with Gasteiger partial charge < -0.3 is 24.2 Å². The van der Waals surface area contributed by atoms with Gasteiger partial charge in [-0.3, -0.25) is 9.59 Å². The summed E-state index contributed by atoms with van der Waals surface area (Å²) < 4.78 is 16.0. The molecule has 1 heterocycles. The fourth-order valence-corrected chi connectivity index (χ4v) is 2.69. The fourth-order valence-electron chi connectivity index (χ4n) is 2.69. The zero-order chi connectivity index (χ0) is 17.5. The Labute approximate surface area is 141 Å². The summed E-state index contributed by atoms with van der Waals surface area (Å²) in [6.07, 6.45) is 1.66. The van der Waals surface area contributed by atoms with Crippen LogP contribution in [0.4, 0.5) is 0 Å². The topological polar surface area (TPSA) is 85.3 Å². The quantitative estimate of drug-likeness (QED) is 0.778. The van der Waals surface area contributed by atoms with Crippen LogP contribution in [0, 0.1) is 0 Å². The number of carbonyl (C=O) groups is 2. The zero-order valence-electron chi connectivity index (χ0n) is 14.0. The number of carbonyl (C=O) groups excluding carboxylic acids is 1. The largest absolute Gasteiger partial charge is 0.497 e. The number of hydrogen-bond acceptors (Lipinski definition) is 5. The van der Waals surface area contributed by atoms with Crippen molar-refractivity contribution < 1.29 is 28.9 Å². The molecule has 0 spiro atoms. The summed E-state index contributed by atoms with van der Waals surface area (Å²) in [5.41, 5.74) is 0.377. The van der Waals surface area contributed by atoms with E-state index in [1.165, 1.54) is 19.1 Å². The molecular weight excluding hydrogens is 314 g/mol. The van der Waals surface area contributed by atoms with E-state index in [1.54, 1.807) is 18.2 Å². The van der Waals surface area contributed by atoms with Crippen LogP contribution in [-0.4, -0.2) is 61.9 Å². The minimum Gasteiger partial charge on any atom is -0.497 e. The molecule has 1 N–H and O–H groups in total. The van der Waals surface area contributed by atoms with Crippen molar-refractivity contribution in [2.24, 2.45) is 0 Å². The van der Waals surface area contributed by atoms with E-state index in [9.17, 15) is 9.59 Å². The van der Waals surface area contributed by atoms with E-state index in [-0.39, 0.29) is 25.0 Å². The fraction of sp³-hybridized carbons (Fsp3) is 0.529. The van der Waals surface area contributed by atoms with Crippen molar-refractivity contribution in [3.05, 3.63) is 23.8 Å². The second kappa shape index (κ2) is 8.54. The highest BCUT2D eigenvalue weighted by molar-refractivity contribution is 5.97. The number of amides is 1. The first kappa shape index (κ1) is 18.1. The third-order valence-corrected chi connectivity index (χ3v) is 3.97. The minimum absolute atomic E-state index is 0.0491. The van der Waals surface area contributed by atoms with E-state index in [0.29, 0.717) is 30.2 Å². The SMILES string of the molecule is COc1ccc(C(=O)N(CCC(=O)O)C[C@H]2CCCO2)c(OC)c1. The zero-order valence-corrected chi connectivity index (χ0v) is 14.0. The van der Waals surface area contributed by atoms with Crippen molar-refractivity contribution in [3.8, 4) is 11.5 Å². The molecule has 1 aromatic rings. The number of ether oxygens (including phenoxy) is 3. The molecule has 1 atom stereocenters. The number of benzene rings is 1. The van der Waals surface area contributed by atoms with Gasteiger partial charge in [0.1, 0.15) is 11.5 Å². The highest BCUT2D eigenvalue weighted by atomic mass is 16.5. The van der Waals surface area contributed by atoms with Crippen molar-refractivity contribution in [1.29, 1.82) is 0 Å². The maximum absolute atomic E-state index is 12.9. The van der Waals surface area contributed by atoms with Crippen LogP contribution in [0.1, 0.15) is 29.6 Å². The Bertz CT molecular complexity index is 582. The van der Waals surface area contributed by atoms with E-state index in [4.69, 9.17) is 19.3 Å². The lowest BCUT2D eigenvalue weighted by Gasteiger charge is -2.25. The van der Waals surface area contributed by atoms with Crippen LogP contribution in [0.5, 0.6) is 11.5 Å². The molecule has 0 aromatic heterocycles. The van der Waals surface area contributed by atoms with E-state index in [1.807, 2.05) is 0 Å². The van der Waals surface area contributed by atoms with Gasteiger partial charge >= 0.3 is 5.97 Å². The molecule has 7 nitrogen and oxygen atoms in total. The van der Waals surface area contributed by atoms with Gasteiger partial charge in [0.25, 0.3) is 5.91 Å². The van der Waals surface area contributed by atoms with Crippen molar-refractivity contribution in [3.63, 3.8) is 0 Å². The van der Waals surface area contributed by atoms with Gasteiger partial charge in [0.15, 0.2) is 0 Å². The monoisotopic (exact) mass is 337 g/mol. The molecule has 1 amide bonds. The number of hydrogen-bond donors (Lipinski definition) is 1. The Morgan fingerprint density at radius 1 is 1.33 bits per heavy atom. The number of methoxy groups -OCH3 is 2. The standard InChI is InChI=1S/C17H23NO6/c1-22-12-5-6-14(15(10-12)23-2)17(21)18(8-7-16(19)20)11-13-4-3-9-24-13/h5-6,10,13H,3-4,7-9,11H2,1-2H3,(H,19,20)/t13-/m1/s1. The van der Waals surface area contributed by atoms with Gasteiger partial charge in [0, 0.05) is 25.8 Å². The van der Waals surface area contributed by atoms with E-state index < -0.39 is 5.97 Å². The Balaban J connectivity index is 2.19. The minimum atomic E-state index is -0.943. The lowest BCUT2D eigenvalue weighted by Crippen LogP contribution is -2.39. The predicted octanol–water partition coefficient (Wildman–Crippen LogP) is 1.80. The Morgan fingerprint density at radius 3 is 2.71 bits per heavy atom. The first-order valence-corrected chi connectivity index (χ1v) is 7.90. The molecule has 0 saturated carbocycles. The van der Waals surface area contributed by atoms with Crippen LogP contribution in [0.15, 0.2) is 18.2 Å². The maximum atomic E-state index is 12.9. The molecule has 2 rings (SSSR count). The molecule has 1 aliphatic rings. The van der Waals surface area contributed by atoms with Crippen LogP contribution < -0.4 is 9.47 Å². The van der Waals surface area contributed by atoms with Gasteiger partial charge in [-0.15, -0.1) is 0 Å². The second-order valence-corrected chi connectivity index (χ2v) is 5.60. The average molecular weight is 337 g/mol. The first-order chi connectivity index (χ1) is 11.5. The van der Waals surface area contributed by atoms with Gasteiger partial charge in [-0.05, 0) is 25.0 Å². The highest BCUT2D eigenvalue weighted by Gasteiger charge is 2.25. The molecule has 24 heavy (non-hydrogen) atoms. The molecule has 0 bridgehead atoms. The molecule has 1 fully saturated rings. The summed E-state index contributed by atoms with van der Waals surface area (Å²) in [7, 11) is 3.01. The van der Waals surface area contributed by atoms with E-state index >= 15 is 0 Å². The van der Waals surface area contributed by atoms with Gasteiger partial charge in [0.2, 0.25) is 0 Å². The summed E-state index contributed by atoms with van der Waals surface area (Å²) >= 11 is 0. The number of carboxylic acids is 1. The van der Waals surface area contributed by atoms with Gasteiger partial charge in [-0.1, -0.05) is 0 Å². The summed E-state index contributed by atoms with van der Waals surface area (Å²) in [5, 5.41) is 8.93. The molecular formula is C17H23NO6. The molecule has 1 aromatic carbocycles. The van der Waals surface area contributed by atoms with Gasteiger partial charge in [-0.2, -0.15) is 0 Å². The normalized spacial score (nSPS) is 16.7. The summed E-state index contributed by atoms with van der Waals surface area (Å²) in [5.74, 6) is -0.236. The van der Waals surface area contributed by atoms with Crippen LogP contribution in [0.2, 0.25) is 0 Å². The van der Waals surface area contributed by atoms with Crippen LogP contribution >= 0.6 is 0 Å². The molecule has 0 aliphatic carbocycles. The molecule has 1 saturated heterocycles. The lowest BCUT2D eigenvalue weighted by molar-refractivity contribution is -0.137. The molecule has 1 aliphatic heterocycles. The van der Waals surface area contributed by atoms with Crippen LogP contribution in [-0.2, 0) is 9.53 Å². The predicted molar refractivity (Wildman–Crippen MR) is 86.7 cm³/mol. The van der Waals surface area contributed by atoms with E-state index in [0.717, 1.165) is 12.8 Å². The molecule has 0 unspecified atom stereocenters. The number of carboxylic acid groups (broad SMARTS) is 1. The third-order valence-electron chi connectivity index (χ3n) is 3.97. The van der Waals surface area contributed by atoms with Crippen molar-refractivity contribution in [2.45, 2.75) is 25.4 Å². The maximum Gasteiger partial charge on any atom is 0.305 e. The third kappa shape index (κ3) is 4.61. The number of aliphatic carboxylic acids is 1. The Kier molecular flexibility index (Phi) is 6.43. The smallest absolute Gasteiger partial charge is 0.305 e. The Hall–Kier alpha value is -2.28. The lowest BCUT2D eigenvalue weighted by atomic mass is 10.1. The number of nitrogens with zero attached hydrogens (tertiary/aromatic N) is 1. The summed E-state index contributed by atoms with van der Waals surface area (Å²) in [4.78, 5) is 25.3. The van der Waals surface area contributed by atoms with Gasteiger partial charge in [-0.25, -0.2) is 0 Å². The van der Waals surface area contributed by atoms with Crippen molar-refractivity contribution >= 4 is 11.9 Å². The molecule has 132 valence electrons. The van der Waals surface area contributed by atoms with Crippen LogP contribution in [0.25, 0.3) is 0 Å². The number of rotatable bonds is 8. The van der Waals surface area contributed by atoms with Crippen molar-refractivity contribution in [1.82, 2.24) is 4.90 Å². The highest BCUT2D eigenvalue weighted by Crippen LogP contribution is 2.26. The van der Waals surface area contributed by atoms with E-state index in [2.05, 4.69) is 0 Å². The second-order valence-electron chi connectivity index (χ2n) is 5.60.